The average Bonchev–Trinajstić information content (AvgIpc) is 2.36. The van der Waals surface area contributed by atoms with Gasteiger partial charge in [-0.15, -0.1) is 11.3 Å². The van der Waals surface area contributed by atoms with Crippen LogP contribution in [0.5, 0.6) is 0 Å². The van der Waals surface area contributed by atoms with Gasteiger partial charge in [-0.2, -0.15) is 0 Å². The van der Waals surface area contributed by atoms with Gasteiger partial charge in [0.15, 0.2) is 0 Å². The lowest BCUT2D eigenvalue weighted by atomic mass is 10.4. The highest BCUT2D eigenvalue weighted by Crippen LogP contribution is 2.34. The lowest BCUT2D eigenvalue weighted by molar-refractivity contribution is 0.894. The molecule has 10 heavy (non-hydrogen) atoms. The predicted molar refractivity (Wildman–Crippen MR) is 44.2 cm³/mol. The maximum absolute atomic E-state index is 5.90. The Morgan fingerprint density at radius 1 is 1.70 bits per heavy atom. The molecule has 0 bridgehead atoms. The number of fused-ring (bicyclic) bond motifs is 1. The van der Waals surface area contributed by atoms with Crippen molar-refractivity contribution in [3.05, 3.63) is 16.3 Å². The van der Waals surface area contributed by atoms with Gasteiger partial charge < -0.3 is 5.32 Å². The first-order chi connectivity index (χ1) is 4.88. The first-order valence-electron chi connectivity index (χ1n) is 2.88. The topological polar surface area (TPSA) is 24.4 Å². The summed E-state index contributed by atoms with van der Waals surface area (Å²) in [5.41, 5.74) is 0.899. The number of hydrogen-bond acceptors (Lipinski definition) is 3. The summed E-state index contributed by atoms with van der Waals surface area (Å²) >= 11 is 7.52. The van der Waals surface area contributed by atoms with Crippen molar-refractivity contribution in [2.75, 3.05) is 0 Å². The molecule has 0 spiro atoms. The van der Waals surface area contributed by atoms with Crippen LogP contribution in [0.15, 0.2) is 16.4 Å². The van der Waals surface area contributed by atoms with E-state index in [1.165, 1.54) is 0 Å². The van der Waals surface area contributed by atoms with Crippen molar-refractivity contribution in [1.82, 2.24) is 5.32 Å². The molecule has 0 fully saturated rings. The number of nitrogens with zero attached hydrogens (tertiary/aromatic N) is 1. The van der Waals surface area contributed by atoms with Crippen LogP contribution in [0.1, 0.15) is 10.4 Å². The van der Waals surface area contributed by atoms with Crippen molar-refractivity contribution in [3.63, 3.8) is 0 Å². The second-order valence-corrected chi connectivity index (χ2v) is 3.34. The molecule has 0 saturated heterocycles. The zero-order valence-corrected chi connectivity index (χ0v) is 6.62. The van der Waals surface area contributed by atoms with E-state index < -0.39 is 0 Å². The van der Waals surface area contributed by atoms with Crippen LogP contribution in [0, 0.1) is 0 Å². The van der Waals surface area contributed by atoms with Gasteiger partial charge in [0.2, 0.25) is 0 Å². The van der Waals surface area contributed by atoms with E-state index in [1.807, 2.05) is 11.4 Å². The van der Waals surface area contributed by atoms with Gasteiger partial charge in [0.25, 0.3) is 0 Å². The van der Waals surface area contributed by atoms with Crippen molar-refractivity contribution in [2.24, 2.45) is 4.99 Å². The van der Waals surface area contributed by atoms with Gasteiger partial charge in [-0.05, 0) is 11.4 Å². The number of rotatable bonds is 0. The third-order valence-corrected chi connectivity index (χ3v) is 2.77. The number of hydrogen-bond donors (Lipinski definition) is 1. The molecule has 2 rings (SSSR count). The smallest absolute Gasteiger partial charge is 0.139 e. The Hall–Kier alpha value is -0.540. The summed E-state index contributed by atoms with van der Waals surface area (Å²) in [5, 5.41) is 4.90. The Balaban J connectivity index is 2.52. The van der Waals surface area contributed by atoms with E-state index in [1.54, 1.807) is 17.7 Å². The normalized spacial score (nSPS) is 21.9. The van der Waals surface area contributed by atoms with E-state index in [-0.39, 0.29) is 5.50 Å². The summed E-state index contributed by atoms with van der Waals surface area (Å²) in [7, 11) is 0. The summed E-state index contributed by atoms with van der Waals surface area (Å²) in [6, 6.07) is 1.96. The van der Waals surface area contributed by atoms with Crippen molar-refractivity contribution in [3.8, 4) is 0 Å². The van der Waals surface area contributed by atoms with Crippen LogP contribution in [-0.4, -0.2) is 6.34 Å². The fourth-order valence-corrected chi connectivity index (χ4v) is 1.95. The molecular formula is C6H5ClN2S. The molecular weight excluding hydrogens is 168 g/mol. The van der Waals surface area contributed by atoms with Gasteiger partial charge >= 0.3 is 0 Å². The molecule has 4 heteroatoms. The monoisotopic (exact) mass is 172 g/mol. The molecule has 0 aliphatic carbocycles. The van der Waals surface area contributed by atoms with Crippen molar-refractivity contribution in [1.29, 1.82) is 0 Å². The number of halogens is 1. The van der Waals surface area contributed by atoms with Crippen LogP contribution in [0.4, 0.5) is 5.69 Å². The zero-order chi connectivity index (χ0) is 6.97. The first kappa shape index (κ1) is 6.19. The van der Waals surface area contributed by atoms with Gasteiger partial charge in [0, 0.05) is 0 Å². The minimum absolute atomic E-state index is 0.0903. The van der Waals surface area contributed by atoms with Gasteiger partial charge in [0.1, 0.15) is 5.50 Å². The zero-order valence-electron chi connectivity index (χ0n) is 5.04. The van der Waals surface area contributed by atoms with E-state index in [4.69, 9.17) is 11.6 Å². The number of alkyl halides is 1. The quantitative estimate of drug-likeness (QED) is 0.471. The van der Waals surface area contributed by atoms with Crippen LogP contribution in [0.25, 0.3) is 0 Å². The second kappa shape index (κ2) is 2.25. The molecule has 1 aliphatic rings. The third-order valence-electron chi connectivity index (χ3n) is 1.33. The number of thiophene rings is 1. The van der Waals surface area contributed by atoms with Gasteiger partial charge in [0.05, 0.1) is 16.9 Å². The maximum Gasteiger partial charge on any atom is 0.139 e. The molecule has 0 saturated carbocycles. The highest BCUT2D eigenvalue weighted by atomic mass is 35.5. The second-order valence-electron chi connectivity index (χ2n) is 1.96. The standard InChI is InChI=1S/C6H5ClN2S/c7-6-5-4(1-2-10-5)8-3-9-6/h1-3,6H,(H,8,9). The molecule has 1 unspecified atom stereocenters. The molecule has 0 aromatic carbocycles. The molecule has 2 heterocycles. The summed E-state index contributed by atoms with van der Waals surface area (Å²) in [5.74, 6) is 0. The van der Waals surface area contributed by atoms with Crippen LogP contribution in [0.2, 0.25) is 0 Å². The van der Waals surface area contributed by atoms with E-state index in [0.29, 0.717) is 0 Å². The summed E-state index contributed by atoms with van der Waals surface area (Å²) < 4.78 is 0. The highest BCUT2D eigenvalue weighted by molar-refractivity contribution is 7.10. The molecule has 1 aromatic heterocycles. The highest BCUT2D eigenvalue weighted by Gasteiger charge is 2.14. The molecule has 1 aromatic rings. The molecule has 52 valence electrons. The number of nitrogens with one attached hydrogen (secondary N) is 1. The Labute approximate surface area is 67.5 Å². The van der Waals surface area contributed by atoms with Crippen molar-refractivity contribution in [2.45, 2.75) is 5.50 Å². The molecule has 2 nitrogen and oxygen atoms in total. The van der Waals surface area contributed by atoms with E-state index in [2.05, 4.69) is 10.3 Å². The Morgan fingerprint density at radius 3 is 3.40 bits per heavy atom. The predicted octanol–water partition coefficient (Wildman–Crippen LogP) is 2.25. The van der Waals surface area contributed by atoms with Crippen LogP contribution < -0.4 is 5.32 Å². The van der Waals surface area contributed by atoms with E-state index in [0.717, 1.165) is 10.6 Å². The molecule has 1 atom stereocenters. The maximum atomic E-state index is 5.90. The van der Waals surface area contributed by atoms with Gasteiger partial charge in [-0.3, -0.25) is 0 Å². The van der Waals surface area contributed by atoms with Crippen LogP contribution in [-0.2, 0) is 0 Å². The Bertz CT molecular complexity index is 268. The Kier molecular flexibility index (Phi) is 1.39. The molecule has 1 aliphatic heterocycles. The lowest BCUT2D eigenvalue weighted by Gasteiger charge is -2.11. The Morgan fingerprint density at radius 2 is 2.60 bits per heavy atom. The van der Waals surface area contributed by atoms with Crippen LogP contribution in [0.3, 0.4) is 0 Å². The summed E-state index contributed by atoms with van der Waals surface area (Å²) in [4.78, 5) is 5.19. The average molecular weight is 173 g/mol. The summed E-state index contributed by atoms with van der Waals surface area (Å²) in [6.07, 6.45) is 1.63. The molecule has 0 radical (unpaired) electrons. The fraction of sp³-hybridized carbons (Fsp3) is 0.167. The van der Waals surface area contributed by atoms with E-state index >= 15 is 0 Å². The van der Waals surface area contributed by atoms with Gasteiger partial charge in [-0.25, -0.2) is 4.99 Å². The molecule has 1 N–H and O–H groups in total. The molecule has 0 amide bonds. The lowest BCUT2D eigenvalue weighted by Crippen LogP contribution is -2.15. The van der Waals surface area contributed by atoms with Crippen molar-refractivity contribution < 1.29 is 0 Å². The van der Waals surface area contributed by atoms with Crippen molar-refractivity contribution >= 4 is 35.0 Å². The largest absolute Gasteiger partial charge is 0.356 e. The minimum Gasteiger partial charge on any atom is -0.356 e. The SMILES string of the molecule is ClC1NC=Nc2ccsc21. The summed E-state index contributed by atoms with van der Waals surface area (Å²) in [6.45, 7) is 0. The first-order valence-corrected chi connectivity index (χ1v) is 4.19. The van der Waals surface area contributed by atoms with Crippen LogP contribution >= 0.6 is 22.9 Å². The minimum atomic E-state index is -0.0903. The van der Waals surface area contributed by atoms with Gasteiger partial charge in [-0.1, -0.05) is 11.6 Å². The third kappa shape index (κ3) is 0.822. The number of aliphatic imine (C=N–C) groups is 1. The fourth-order valence-electron chi connectivity index (χ4n) is 0.858. The van der Waals surface area contributed by atoms with E-state index in [9.17, 15) is 0 Å².